The van der Waals surface area contributed by atoms with Crippen molar-refractivity contribution in [3.63, 3.8) is 0 Å². The number of hydrogen-bond acceptors (Lipinski definition) is 3. The third-order valence-corrected chi connectivity index (χ3v) is 5.90. The largest absolute Gasteiger partial charge is 0.333 e. The maximum absolute atomic E-state index is 13.3. The van der Waals surface area contributed by atoms with Crippen LogP contribution in [-0.2, 0) is 17.3 Å². The van der Waals surface area contributed by atoms with Crippen molar-refractivity contribution in [1.29, 1.82) is 0 Å². The molecule has 2 aliphatic rings. The highest BCUT2D eigenvalue weighted by atomic mass is 16.2. The Bertz CT molecular complexity index is 868. The van der Waals surface area contributed by atoms with Gasteiger partial charge in [0.25, 0.3) is 5.91 Å². The zero-order valence-corrected chi connectivity index (χ0v) is 15.5. The number of nitrogens with zero attached hydrogens (tertiary/aromatic N) is 3. The first-order valence-electron chi connectivity index (χ1n) is 9.20. The summed E-state index contributed by atoms with van der Waals surface area (Å²) in [6, 6.07) is 7.74. The second-order valence-electron chi connectivity index (χ2n) is 7.31. The number of anilines is 1. The molecule has 0 bridgehead atoms. The smallest absolute Gasteiger partial charge is 0.272 e. The van der Waals surface area contributed by atoms with Crippen LogP contribution in [-0.4, -0.2) is 38.9 Å². The Morgan fingerprint density at radius 3 is 2.85 bits per heavy atom. The van der Waals surface area contributed by atoms with Crippen LogP contribution in [0.5, 0.6) is 0 Å². The standard InChI is InChI=1S/C20H24N4O2/c1-4-7-16-20(14-8-5-6-9-15(14)22-19(20)26)10-11-24(16)18(25)17-13(2)21-12-23(17)3/h5-6,8-9,12,16H,4,7,10-11H2,1-3H3,(H,22,26)/t16-,20-/m0/s1. The van der Waals surface area contributed by atoms with Crippen molar-refractivity contribution in [1.82, 2.24) is 14.5 Å². The molecular formula is C20H24N4O2. The second-order valence-corrected chi connectivity index (χ2v) is 7.31. The molecule has 0 radical (unpaired) electrons. The Labute approximate surface area is 153 Å². The quantitative estimate of drug-likeness (QED) is 0.923. The first-order valence-corrected chi connectivity index (χ1v) is 9.20. The number of likely N-dealkylation sites (tertiary alicyclic amines) is 1. The van der Waals surface area contributed by atoms with Crippen LogP contribution in [0.3, 0.4) is 0 Å². The molecule has 2 amide bonds. The molecule has 1 fully saturated rings. The van der Waals surface area contributed by atoms with Crippen LogP contribution in [0.4, 0.5) is 5.69 Å². The van der Waals surface area contributed by atoms with E-state index in [9.17, 15) is 9.59 Å². The van der Waals surface area contributed by atoms with Gasteiger partial charge in [0, 0.05) is 19.3 Å². The van der Waals surface area contributed by atoms with Gasteiger partial charge >= 0.3 is 0 Å². The van der Waals surface area contributed by atoms with Crippen molar-refractivity contribution >= 4 is 17.5 Å². The minimum atomic E-state index is -0.644. The lowest BCUT2D eigenvalue weighted by Crippen LogP contribution is -2.49. The number of carbonyl (C=O) groups excluding carboxylic acids is 2. The Balaban J connectivity index is 1.79. The van der Waals surface area contributed by atoms with Crippen molar-refractivity contribution < 1.29 is 9.59 Å². The molecule has 1 aromatic heterocycles. The van der Waals surface area contributed by atoms with E-state index in [1.807, 2.05) is 43.1 Å². The van der Waals surface area contributed by atoms with Crippen molar-refractivity contribution in [2.75, 3.05) is 11.9 Å². The number of amides is 2. The zero-order valence-electron chi connectivity index (χ0n) is 15.5. The number of aromatic nitrogens is 2. The van der Waals surface area contributed by atoms with Crippen molar-refractivity contribution in [3.8, 4) is 0 Å². The molecule has 0 saturated carbocycles. The molecular weight excluding hydrogens is 328 g/mol. The minimum Gasteiger partial charge on any atom is -0.333 e. The number of para-hydroxylation sites is 1. The number of imidazole rings is 1. The molecule has 1 spiro atoms. The summed E-state index contributed by atoms with van der Waals surface area (Å²) in [7, 11) is 1.84. The fourth-order valence-corrected chi connectivity index (χ4v) is 4.71. The minimum absolute atomic E-state index is 0.0224. The highest BCUT2D eigenvalue weighted by molar-refractivity contribution is 6.08. The molecule has 2 atom stereocenters. The van der Waals surface area contributed by atoms with Gasteiger partial charge in [0.15, 0.2) is 0 Å². The Morgan fingerprint density at radius 2 is 2.15 bits per heavy atom. The molecule has 4 rings (SSSR count). The molecule has 136 valence electrons. The summed E-state index contributed by atoms with van der Waals surface area (Å²) in [5.74, 6) is -0.0100. The summed E-state index contributed by atoms with van der Waals surface area (Å²) in [6.45, 7) is 4.53. The number of benzene rings is 1. The average Bonchev–Trinajstić information content (AvgIpc) is 3.25. The molecule has 6 nitrogen and oxygen atoms in total. The van der Waals surface area contributed by atoms with Gasteiger partial charge in [-0.2, -0.15) is 0 Å². The third-order valence-electron chi connectivity index (χ3n) is 5.90. The van der Waals surface area contributed by atoms with Crippen LogP contribution in [0.2, 0.25) is 0 Å². The molecule has 0 aliphatic carbocycles. The monoisotopic (exact) mass is 352 g/mol. The molecule has 1 saturated heterocycles. The fourth-order valence-electron chi connectivity index (χ4n) is 4.71. The summed E-state index contributed by atoms with van der Waals surface area (Å²) < 4.78 is 1.77. The highest BCUT2D eigenvalue weighted by Crippen LogP contribution is 2.49. The molecule has 1 aromatic carbocycles. The normalized spacial score (nSPS) is 24.2. The number of aryl methyl sites for hydroxylation is 2. The Morgan fingerprint density at radius 1 is 1.38 bits per heavy atom. The van der Waals surface area contributed by atoms with E-state index in [1.165, 1.54) is 0 Å². The Hall–Kier alpha value is -2.63. The van der Waals surface area contributed by atoms with Gasteiger partial charge in [-0.1, -0.05) is 31.5 Å². The lowest BCUT2D eigenvalue weighted by Gasteiger charge is -2.34. The van der Waals surface area contributed by atoms with Gasteiger partial charge in [0.05, 0.1) is 23.5 Å². The molecule has 0 unspecified atom stereocenters. The van der Waals surface area contributed by atoms with E-state index in [2.05, 4.69) is 17.2 Å². The van der Waals surface area contributed by atoms with Crippen LogP contribution in [0.25, 0.3) is 0 Å². The maximum atomic E-state index is 13.3. The van der Waals surface area contributed by atoms with Gasteiger partial charge in [0.1, 0.15) is 5.69 Å². The van der Waals surface area contributed by atoms with Crippen LogP contribution < -0.4 is 5.32 Å². The van der Waals surface area contributed by atoms with Crippen molar-refractivity contribution in [2.45, 2.75) is 44.6 Å². The van der Waals surface area contributed by atoms with Crippen molar-refractivity contribution in [2.24, 2.45) is 7.05 Å². The van der Waals surface area contributed by atoms with Crippen LogP contribution in [0.15, 0.2) is 30.6 Å². The zero-order chi connectivity index (χ0) is 18.5. The summed E-state index contributed by atoms with van der Waals surface area (Å²) in [6.07, 6.45) is 4.03. The van der Waals surface area contributed by atoms with Crippen LogP contribution in [0.1, 0.15) is 47.9 Å². The predicted octanol–water partition coefficient (Wildman–Crippen LogP) is 2.63. The topological polar surface area (TPSA) is 67.2 Å². The molecule has 26 heavy (non-hydrogen) atoms. The average molecular weight is 352 g/mol. The van der Waals surface area contributed by atoms with Gasteiger partial charge in [-0.25, -0.2) is 4.98 Å². The third kappa shape index (κ3) is 2.14. The number of fused-ring (bicyclic) bond motifs is 2. The van der Waals surface area contributed by atoms with Crippen LogP contribution in [0, 0.1) is 6.92 Å². The first kappa shape index (κ1) is 16.8. The molecule has 2 aromatic rings. The summed E-state index contributed by atoms with van der Waals surface area (Å²) >= 11 is 0. The lowest BCUT2D eigenvalue weighted by atomic mass is 9.73. The van der Waals surface area contributed by atoms with E-state index in [1.54, 1.807) is 10.9 Å². The molecule has 2 aliphatic heterocycles. The van der Waals surface area contributed by atoms with E-state index in [-0.39, 0.29) is 17.9 Å². The van der Waals surface area contributed by atoms with Gasteiger partial charge in [-0.15, -0.1) is 0 Å². The van der Waals surface area contributed by atoms with Gasteiger partial charge < -0.3 is 14.8 Å². The number of rotatable bonds is 3. The van der Waals surface area contributed by atoms with Crippen LogP contribution >= 0.6 is 0 Å². The molecule has 1 N–H and O–H groups in total. The SMILES string of the molecule is CCC[C@@H]1N(C(=O)c2c(C)ncn2C)CC[C@@]12C(=O)Nc1ccccc12. The van der Waals surface area contributed by atoms with Gasteiger partial charge in [-0.3, -0.25) is 9.59 Å². The van der Waals surface area contributed by atoms with E-state index in [0.717, 1.165) is 29.8 Å². The summed E-state index contributed by atoms with van der Waals surface area (Å²) in [4.78, 5) is 32.5. The van der Waals surface area contributed by atoms with E-state index < -0.39 is 5.41 Å². The maximum Gasteiger partial charge on any atom is 0.272 e. The van der Waals surface area contributed by atoms with E-state index in [4.69, 9.17) is 0 Å². The number of hydrogen-bond donors (Lipinski definition) is 1. The van der Waals surface area contributed by atoms with Crippen molar-refractivity contribution in [3.05, 3.63) is 47.5 Å². The first-order chi connectivity index (χ1) is 12.5. The number of carbonyl (C=O) groups is 2. The molecule has 6 heteroatoms. The van der Waals surface area contributed by atoms with Gasteiger partial charge in [-0.05, 0) is 31.4 Å². The van der Waals surface area contributed by atoms with E-state index >= 15 is 0 Å². The lowest BCUT2D eigenvalue weighted by molar-refractivity contribution is -0.121. The highest BCUT2D eigenvalue weighted by Gasteiger charge is 2.58. The fraction of sp³-hybridized carbons (Fsp3) is 0.450. The predicted molar refractivity (Wildman–Crippen MR) is 99.0 cm³/mol. The summed E-state index contributed by atoms with van der Waals surface area (Å²) in [5, 5.41) is 3.04. The van der Waals surface area contributed by atoms with E-state index in [0.29, 0.717) is 18.7 Å². The van der Waals surface area contributed by atoms with Gasteiger partial charge in [0.2, 0.25) is 5.91 Å². The summed E-state index contributed by atoms with van der Waals surface area (Å²) in [5.41, 5.74) is 2.60. The second kappa shape index (κ2) is 5.97. The Kier molecular flexibility index (Phi) is 3.86. The number of nitrogens with one attached hydrogen (secondary N) is 1. The molecule has 3 heterocycles.